The highest BCUT2D eigenvalue weighted by Gasteiger charge is 2.67. The van der Waals surface area contributed by atoms with Gasteiger partial charge in [-0.25, -0.2) is 0 Å². The third-order valence-electron chi connectivity index (χ3n) is 12.2. The second kappa shape index (κ2) is 15.0. The second-order valence-corrected chi connectivity index (χ2v) is 14.8. The molecule has 1 amide bonds. The fourth-order valence-electron chi connectivity index (χ4n) is 10.0. The normalized spacial score (nSPS) is 24.9. The van der Waals surface area contributed by atoms with Gasteiger partial charge in [-0.2, -0.15) is 0 Å². The minimum absolute atomic E-state index is 0.0119. The van der Waals surface area contributed by atoms with Gasteiger partial charge in [-0.1, -0.05) is 86.0 Å². The van der Waals surface area contributed by atoms with Crippen molar-refractivity contribution < 1.29 is 19.4 Å². The number of likely N-dealkylation sites (tertiary alicyclic amines) is 1. The molecule has 0 unspecified atom stereocenters. The summed E-state index contributed by atoms with van der Waals surface area (Å²) < 4.78 is 12.9. The number of hydrogen-bond donors (Lipinski definition) is 1. The monoisotopic (exact) mass is 662 g/mol. The number of nitrogens with zero attached hydrogens (tertiary/aromatic N) is 2. The Morgan fingerprint density at radius 3 is 2.41 bits per heavy atom. The van der Waals surface area contributed by atoms with E-state index in [1.54, 1.807) is 13.2 Å². The Morgan fingerprint density at radius 1 is 1.00 bits per heavy atom. The fraction of sp³-hybridized carbons (Fsp3) is 0.512. The highest BCUT2D eigenvalue weighted by atomic mass is 16.5. The molecule has 1 spiro atoms. The predicted octanol–water partition coefficient (Wildman–Crippen LogP) is 8.04. The Morgan fingerprint density at radius 2 is 1.69 bits per heavy atom. The molecular formula is C43H54N2O4. The number of unbranched alkanes of at least 4 members (excludes halogenated alkanes) is 4. The molecule has 3 aromatic rings. The molecule has 2 aliphatic heterocycles. The molecule has 6 nitrogen and oxygen atoms in total. The molecule has 0 radical (unpaired) electrons. The van der Waals surface area contributed by atoms with Crippen molar-refractivity contribution in [3.05, 3.63) is 102 Å². The quantitative estimate of drug-likeness (QED) is 0.124. The van der Waals surface area contributed by atoms with E-state index in [-0.39, 0.29) is 23.5 Å². The van der Waals surface area contributed by atoms with Gasteiger partial charge in [0.2, 0.25) is 5.91 Å². The molecule has 0 aromatic heterocycles. The summed E-state index contributed by atoms with van der Waals surface area (Å²) in [6.45, 7) is 6.60. The van der Waals surface area contributed by atoms with Crippen molar-refractivity contribution in [1.29, 1.82) is 0 Å². The number of aromatic hydroxyl groups is 1. The topological polar surface area (TPSA) is 62.2 Å². The van der Waals surface area contributed by atoms with E-state index in [4.69, 9.17) is 9.47 Å². The van der Waals surface area contributed by atoms with Gasteiger partial charge < -0.3 is 19.5 Å². The molecular weight excluding hydrogens is 608 g/mol. The number of rotatable bonds is 16. The summed E-state index contributed by atoms with van der Waals surface area (Å²) in [5, 5.41) is 11.4. The number of hydrogen-bond acceptors (Lipinski definition) is 5. The zero-order valence-electron chi connectivity index (χ0n) is 29.3. The van der Waals surface area contributed by atoms with E-state index < -0.39 is 0 Å². The van der Waals surface area contributed by atoms with Crippen LogP contribution in [-0.4, -0.2) is 65.7 Å². The number of amides is 1. The van der Waals surface area contributed by atoms with Crippen molar-refractivity contribution in [3.63, 3.8) is 0 Å². The van der Waals surface area contributed by atoms with Crippen LogP contribution in [0.25, 0.3) is 0 Å². The number of carbonyl (C=O) groups excluding carboxylic acids is 1. The summed E-state index contributed by atoms with van der Waals surface area (Å²) >= 11 is 0. The van der Waals surface area contributed by atoms with Crippen LogP contribution >= 0.6 is 0 Å². The van der Waals surface area contributed by atoms with E-state index in [9.17, 15) is 9.90 Å². The summed E-state index contributed by atoms with van der Waals surface area (Å²) in [5.74, 6) is 2.40. The number of ether oxygens (including phenoxy) is 2. The molecule has 2 aliphatic carbocycles. The SMILES string of the molecule is C=CCN1CC[C@]23c4c5c(O)cc(OC)c4O[C@H]2[C@@H](N(CCCc2ccccc2)C(=O)CCCCCCCc2ccccc2)CC[C@H]3[C@H]1C5. The van der Waals surface area contributed by atoms with Gasteiger partial charge in [0.25, 0.3) is 0 Å². The minimum atomic E-state index is -0.239. The molecule has 7 rings (SSSR count). The van der Waals surface area contributed by atoms with Crippen LogP contribution in [0.4, 0.5) is 0 Å². The van der Waals surface area contributed by atoms with Crippen molar-refractivity contribution in [3.8, 4) is 17.2 Å². The Balaban J connectivity index is 1.10. The number of benzene rings is 3. The van der Waals surface area contributed by atoms with Crippen molar-refractivity contribution in [2.75, 3.05) is 26.7 Å². The lowest BCUT2D eigenvalue weighted by molar-refractivity contribution is -0.142. The van der Waals surface area contributed by atoms with Crippen molar-refractivity contribution >= 4 is 5.91 Å². The third-order valence-corrected chi connectivity index (χ3v) is 12.2. The van der Waals surface area contributed by atoms with Crippen molar-refractivity contribution in [1.82, 2.24) is 9.80 Å². The molecule has 5 atom stereocenters. The van der Waals surface area contributed by atoms with E-state index in [1.807, 2.05) is 6.08 Å². The highest BCUT2D eigenvalue weighted by Crippen LogP contribution is 2.65. The smallest absolute Gasteiger partial charge is 0.222 e. The van der Waals surface area contributed by atoms with Gasteiger partial charge in [0.15, 0.2) is 11.5 Å². The maximum atomic E-state index is 14.4. The lowest BCUT2D eigenvalue weighted by Gasteiger charge is -2.60. The van der Waals surface area contributed by atoms with E-state index in [0.29, 0.717) is 29.9 Å². The summed E-state index contributed by atoms with van der Waals surface area (Å²) in [5.41, 5.74) is 4.67. The second-order valence-electron chi connectivity index (χ2n) is 14.8. The predicted molar refractivity (Wildman–Crippen MR) is 195 cm³/mol. The zero-order chi connectivity index (χ0) is 33.8. The molecule has 4 aliphatic rings. The van der Waals surface area contributed by atoms with Crippen molar-refractivity contribution in [2.24, 2.45) is 5.92 Å². The lowest BCUT2D eigenvalue weighted by atomic mass is 9.50. The first-order valence-electron chi connectivity index (χ1n) is 18.9. The lowest BCUT2D eigenvalue weighted by Crippen LogP contribution is -2.69. The molecule has 1 saturated carbocycles. The maximum absolute atomic E-state index is 14.4. The number of phenolic OH excluding ortho intramolecular Hbond substituents is 1. The van der Waals surface area contributed by atoms with E-state index >= 15 is 0 Å². The number of phenols is 1. The number of carbonyl (C=O) groups is 1. The van der Waals surface area contributed by atoms with Crippen LogP contribution in [0.2, 0.25) is 0 Å². The standard InChI is InChI=1S/C43H54N2O4/c1-3-26-44-28-25-43-34-23-24-35(42(43)49-41-38(48-2)30-37(46)33(40(41)43)29-36(34)44)45(27-15-21-32-19-12-8-13-20-32)39(47)22-14-6-4-5-9-16-31-17-10-7-11-18-31/h3,7-8,10-13,17-20,30,34-36,42,46H,1,4-6,9,14-16,21-29H2,2H3/t34-,35-,36+,42-,43-/m0/s1. The molecule has 3 aromatic carbocycles. The van der Waals surface area contributed by atoms with Gasteiger partial charge in [0.1, 0.15) is 11.9 Å². The summed E-state index contributed by atoms with van der Waals surface area (Å²) in [6, 6.07) is 23.4. The number of aryl methyl sites for hydroxylation is 2. The van der Waals surface area contributed by atoms with Crippen LogP contribution in [0, 0.1) is 5.92 Å². The molecule has 49 heavy (non-hydrogen) atoms. The molecule has 6 heteroatoms. The van der Waals surface area contributed by atoms with Crippen LogP contribution in [0.15, 0.2) is 79.4 Å². The fourth-order valence-corrected chi connectivity index (χ4v) is 10.0. The van der Waals surface area contributed by atoms with Gasteiger partial charge >= 0.3 is 0 Å². The van der Waals surface area contributed by atoms with Gasteiger partial charge in [0.05, 0.1) is 13.2 Å². The Kier molecular flexibility index (Phi) is 10.3. The van der Waals surface area contributed by atoms with Gasteiger partial charge in [-0.05, 0) is 81.4 Å². The number of piperidine rings is 1. The number of methoxy groups -OCH3 is 1. The first-order valence-corrected chi connectivity index (χ1v) is 18.9. The molecule has 2 fully saturated rings. The minimum Gasteiger partial charge on any atom is -0.508 e. The Labute approximate surface area is 293 Å². The largest absolute Gasteiger partial charge is 0.508 e. The van der Waals surface area contributed by atoms with Crippen LogP contribution < -0.4 is 9.47 Å². The van der Waals surface area contributed by atoms with Crippen LogP contribution in [0.3, 0.4) is 0 Å². The van der Waals surface area contributed by atoms with Crippen LogP contribution in [-0.2, 0) is 29.5 Å². The van der Waals surface area contributed by atoms with Gasteiger partial charge in [-0.15, -0.1) is 6.58 Å². The van der Waals surface area contributed by atoms with Crippen molar-refractivity contribution in [2.45, 2.75) is 107 Å². The molecule has 2 heterocycles. The molecule has 260 valence electrons. The highest BCUT2D eigenvalue weighted by molar-refractivity contribution is 5.77. The molecule has 1 saturated heterocycles. The zero-order valence-corrected chi connectivity index (χ0v) is 29.3. The van der Waals surface area contributed by atoms with Gasteiger partial charge in [0, 0.05) is 48.2 Å². The summed E-state index contributed by atoms with van der Waals surface area (Å²) in [4.78, 5) is 19.1. The average molecular weight is 663 g/mol. The Bertz CT molecular complexity index is 1590. The molecule has 1 N–H and O–H groups in total. The average Bonchev–Trinajstić information content (AvgIpc) is 3.47. The van der Waals surface area contributed by atoms with E-state index in [1.165, 1.54) is 29.5 Å². The summed E-state index contributed by atoms with van der Waals surface area (Å²) in [6.07, 6.45) is 14.8. The third kappa shape index (κ3) is 6.49. The summed E-state index contributed by atoms with van der Waals surface area (Å²) in [7, 11) is 1.66. The first-order chi connectivity index (χ1) is 24.0. The van der Waals surface area contributed by atoms with Crippen LogP contribution in [0.1, 0.15) is 86.5 Å². The maximum Gasteiger partial charge on any atom is 0.222 e. The Hall–Kier alpha value is -3.77. The van der Waals surface area contributed by atoms with Gasteiger partial charge in [-0.3, -0.25) is 9.69 Å². The van der Waals surface area contributed by atoms with E-state index in [2.05, 4.69) is 77.0 Å². The van der Waals surface area contributed by atoms with E-state index in [0.717, 1.165) is 95.2 Å². The first kappa shape index (κ1) is 33.7. The van der Waals surface area contributed by atoms with Crippen LogP contribution in [0.5, 0.6) is 17.2 Å². The molecule has 2 bridgehead atoms.